The van der Waals surface area contributed by atoms with Crippen LogP contribution < -0.4 is 16.8 Å². The molecule has 0 aliphatic rings. The van der Waals surface area contributed by atoms with Crippen LogP contribution >= 0.6 is 0 Å². The van der Waals surface area contributed by atoms with Crippen LogP contribution in [-0.2, 0) is 39.9 Å². The van der Waals surface area contributed by atoms with E-state index in [1.54, 1.807) is 0 Å². The number of alkyl carbamates (subject to hydrolysis) is 1. The Morgan fingerprint density at radius 3 is 2.09 bits per heavy atom. The van der Waals surface area contributed by atoms with E-state index in [1.165, 1.54) is 37.0 Å². The van der Waals surface area contributed by atoms with Gasteiger partial charge < -0.3 is 31.0 Å². The number of nitrogens with one attached hydrogen (secondary N) is 1. The largest absolute Gasteiger partial charge is 0.458 e. The fourth-order valence-electron chi connectivity index (χ4n) is 2.23. The average Bonchev–Trinajstić information content (AvgIpc) is 2.82. The summed E-state index contributed by atoms with van der Waals surface area (Å²) in [7, 11) is 0. The molecule has 1 aromatic rings. The molecule has 33 heavy (non-hydrogen) atoms. The lowest BCUT2D eigenvalue weighted by molar-refractivity contribution is -0.147. The van der Waals surface area contributed by atoms with Gasteiger partial charge in [-0.1, -0.05) is 13.2 Å². The molecule has 0 spiro atoms. The highest BCUT2D eigenvalue weighted by Gasteiger charge is 2.19. The van der Waals surface area contributed by atoms with Crippen LogP contribution in [0.1, 0.15) is 23.6 Å². The predicted octanol–water partition coefficient (Wildman–Crippen LogP) is 0.392. The van der Waals surface area contributed by atoms with E-state index in [9.17, 15) is 24.0 Å². The van der Waals surface area contributed by atoms with Crippen molar-refractivity contribution in [1.82, 2.24) is 5.32 Å². The molecule has 0 saturated heterocycles. The lowest BCUT2D eigenvalue weighted by Crippen LogP contribution is -2.35. The number of hydrogen-bond acceptors (Lipinski definition) is 10. The van der Waals surface area contributed by atoms with Crippen molar-refractivity contribution >= 4 is 41.3 Å². The van der Waals surface area contributed by atoms with Crippen molar-refractivity contribution in [2.45, 2.75) is 19.6 Å². The van der Waals surface area contributed by atoms with E-state index in [0.717, 1.165) is 6.08 Å². The van der Waals surface area contributed by atoms with Gasteiger partial charge in [0.05, 0.1) is 0 Å². The highest BCUT2D eigenvalue weighted by Crippen LogP contribution is 2.17. The van der Waals surface area contributed by atoms with Gasteiger partial charge in [-0.2, -0.15) is 0 Å². The summed E-state index contributed by atoms with van der Waals surface area (Å²) >= 11 is 0. The van der Waals surface area contributed by atoms with E-state index < -0.39 is 37.3 Å². The Morgan fingerprint density at radius 2 is 1.61 bits per heavy atom. The van der Waals surface area contributed by atoms with Crippen LogP contribution in [0.25, 0.3) is 11.4 Å². The first kappa shape index (κ1) is 26.4. The first-order valence-corrected chi connectivity index (χ1v) is 9.33. The Labute approximate surface area is 189 Å². The Balaban J connectivity index is 2.91. The Hall–Kier alpha value is -4.59. The van der Waals surface area contributed by atoms with Crippen LogP contribution in [0.5, 0.6) is 0 Å². The second-order valence-electron chi connectivity index (χ2n) is 6.54. The predicted molar refractivity (Wildman–Crippen MR) is 117 cm³/mol. The maximum atomic E-state index is 12.2. The van der Waals surface area contributed by atoms with Crippen molar-refractivity contribution in [2.75, 3.05) is 13.2 Å². The molecular formula is C22H23N3O8. The summed E-state index contributed by atoms with van der Waals surface area (Å²) in [5.74, 6) is 1.58. The van der Waals surface area contributed by atoms with Crippen molar-refractivity contribution in [3.63, 3.8) is 0 Å². The molecule has 0 radical (unpaired) electrons. The van der Waals surface area contributed by atoms with Gasteiger partial charge in [-0.15, -0.1) is 0 Å². The molecule has 0 aliphatic carbocycles. The van der Waals surface area contributed by atoms with Crippen LogP contribution in [0.2, 0.25) is 0 Å². The fourth-order valence-corrected chi connectivity index (χ4v) is 2.23. The van der Waals surface area contributed by atoms with Gasteiger partial charge in [-0.3, -0.25) is 0 Å². The number of hydrogen-bond donors (Lipinski definition) is 3. The molecule has 0 saturated carbocycles. The number of nitrogens with two attached hydrogens (primary N) is 2. The van der Waals surface area contributed by atoms with E-state index in [0.29, 0.717) is 5.56 Å². The second kappa shape index (κ2) is 13.0. The summed E-state index contributed by atoms with van der Waals surface area (Å²) in [6.07, 6.45) is -1.15. The number of ether oxygens (including phenoxy) is 3. The monoisotopic (exact) mass is 457 g/mol. The molecule has 1 rings (SSSR count). The van der Waals surface area contributed by atoms with Gasteiger partial charge in [0, 0.05) is 29.3 Å². The summed E-state index contributed by atoms with van der Waals surface area (Å²) in [4.78, 5) is 56.8. The number of esters is 2. The number of carbonyl (C=O) groups is 3. The Bertz CT molecular complexity index is 1010. The third kappa shape index (κ3) is 8.97. The van der Waals surface area contributed by atoms with Gasteiger partial charge in [-0.05, 0) is 30.7 Å². The molecule has 1 amide bonds. The third-order valence-electron chi connectivity index (χ3n) is 3.87. The van der Waals surface area contributed by atoms with Gasteiger partial charge >= 0.3 is 18.0 Å². The first-order valence-electron chi connectivity index (χ1n) is 9.33. The van der Waals surface area contributed by atoms with Crippen molar-refractivity contribution < 1.29 is 38.2 Å². The Morgan fingerprint density at radius 1 is 1.06 bits per heavy atom. The average molecular weight is 457 g/mol. The van der Waals surface area contributed by atoms with Gasteiger partial charge in [-0.25, -0.2) is 24.0 Å². The van der Waals surface area contributed by atoms with Crippen LogP contribution in [0.4, 0.5) is 4.79 Å². The lowest BCUT2D eigenvalue weighted by Gasteiger charge is -2.18. The Kier molecular flexibility index (Phi) is 10.4. The first-order chi connectivity index (χ1) is 15.6. The van der Waals surface area contributed by atoms with Crippen molar-refractivity contribution in [3.8, 4) is 0 Å². The SMILES string of the molecule is C=CC(=O)OCC(COC(=O)C(=C)C)OC(=O)NCc1cc(C(N)=C=O)cc(C(N)=C=O)c1. The van der Waals surface area contributed by atoms with E-state index in [1.807, 2.05) is 0 Å². The molecule has 5 N–H and O–H groups in total. The minimum absolute atomic E-state index is 0.122. The summed E-state index contributed by atoms with van der Waals surface area (Å²) < 4.78 is 14.9. The van der Waals surface area contributed by atoms with Crippen molar-refractivity contribution in [1.29, 1.82) is 0 Å². The summed E-state index contributed by atoms with van der Waals surface area (Å²) in [5, 5.41) is 2.43. The summed E-state index contributed by atoms with van der Waals surface area (Å²) in [6, 6.07) is 4.34. The van der Waals surface area contributed by atoms with Crippen LogP contribution in [0.15, 0.2) is 43.0 Å². The minimum Gasteiger partial charge on any atom is -0.458 e. The van der Waals surface area contributed by atoms with Crippen molar-refractivity contribution in [3.05, 3.63) is 59.7 Å². The van der Waals surface area contributed by atoms with Gasteiger partial charge in [0.1, 0.15) is 24.6 Å². The van der Waals surface area contributed by atoms with E-state index >= 15 is 0 Å². The maximum absolute atomic E-state index is 12.2. The molecule has 0 bridgehead atoms. The second-order valence-corrected chi connectivity index (χ2v) is 6.54. The van der Waals surface area contributed by atoms with E-state index in [-0.39, 0.29) is 34.6 Å². The standard InChI is InChI=1S/C22H23N3O8/c1-4-20(28)31-11-17(12-32-21(29)13(2)3)33-22(30)25-8-14-5-15(18(23)9-26)7-16(6-14)19(24)10-27/h4-7,17H,1-2,8,11-12,23-24H2,3H3,(H,25,30). The molecule has 0 heterocycles. The molecular weight excluding hydrogens is 434 g/mol. The zero-order valence-electron chi connectivity index (χ0n) is 17.8. The highest BCUT2D eigenvalue weighted by atomic mass is 16.6. The lowest BCUT2D eigenvalue weighted by atomic mass is 10.0. The third-order valence-corrected chi connectivity index (χ3v) is 3.87. The molecule has 0 fully saturated rings. The topological polar surface area (TPSA) is 177 Å². The zero-order valence-corrected chi connectivity index (χ0v) is 17.8. The van der Waals surface area contributed by atoms with Gasteiger partial charge in [0.25, 0.3) is 0 Å². The smallest absolute Gasteiger partial charge is 0.407 e. The molecule has 1 atom stereocenters. The minimum atomic E-state index is -1.12. The number of rotatable bonds is 11. The number of amides is 1. The van der Waals surface area contributed by atoms with Gasteiger partial charge in [0.2, 0.25) is 0 Å². The number of benzene rings is 1. The molecule has 11 heteroatoms. The van der Waals surface area contributed by atoms with Crippen molar-refractivity contribution in [2.24, 2.45) is 11.5 Å². The molecule has 0 aliphatic heterocycles. The van der Waals surface area contributed by atoms with Crippen LogP contribution in [-0.4, -0.2) is 49.2 Å². The molecule has 11 nitrogen and oxygen atoms in total. The fraction of sp³-hybridized carbons (Fsp3) is 0.227. The van der Waals surface area contributed by atoms with Gasteiger partial charge in [0.15, 0.2) is 18.0 Å². The van der Waals surface area contributed by atoms with Crippen LogP contribution in [0, 0.1) is 0 Å². The summed E-state index contributed by atoms with van der Waals surface area (Å²) in [5.41, 5.74) is 11.7. The molecule has 1 unspecified atom stereocenters. The molecule has 1 aromatic carbocycles. The maximum Gasteiger partial charge on any atom is 0.407 e. The van der Waals surface area contributed by atoms with Crippen LogP contribution in [0.3, 0.4) is 0 Å². The molecule has 0 aromatic heterocycles. The molecule has 174 valence electrons. The zero-order chi connectivity index (χ0) is 25.0. The normalized spacial score (nSPS) is 10.5. The quantitative estimate of drug-likeness (QED) is 0.182. The van der Waals surface area contributed by atoms with E-state index in [2.05, 4.69) is 18.5 Å². The number of carbonyl (C=O) groups excluding carboxylic acids is 5. The summed E-state index contributed by atoms with van der Waals surface area (Å²) in [6.45, 7) is 7.20. The highest BCUT2D eigenvalue weighted by molar-refractivity contribution is 5.90. The van der Waals surface area contributed by atoms with E-state index in [4.69, 9.17) is 25.7 Å².